The quantitative estimate of drug-likeness (QED) is 0.273. The minimum atomic E-state index is -5.34. The third kappa shape index (κ3) is 7.36. The molecule has 0 saturated carbocycles. The molecule has 10 heteroatoms. The van der Waals surface area contributed by atoms with E-state index in [1.54, 1.807) is 18.2 Å². The highest BCUT2D eigenvalue weighted by atomic mass is 79.9. The molecular formula is C18H27BrO7P2. The highest BCUT2D eigenvalue weighted by molar-refractivity contribution is 9.10. The number of benzene rings is 1. The minimum Gasteiger partial charge on any atom is -0.347 e. The minimum absolute atomic E-state index is 0.326. The average molecular weight is 497 g/mol. The molecular weight excluding hydrogens is 470 g/mol. The lowest BCUT2D eigenvalue weighted by molar-refractivity contribution is 0.0540. The van der Waals surface area contributed by atoms with Gasteiger partial charge in [-0.25, -0.2) is 0 Å². The maximum Gasteiger partial charge on any atom is 0.370 e. The summed E-state index contributed by atoms with van der Waals surface area (Å²) in [6.45, 7) is 5.47. The Morgan fingerprint density at radius 3 is 2.04 bits per heavy atom. The van der Waals surface area contributed by atoms with Crippen LogP contribution in [0.5, 0.6) is 0 Å². The van der Waals surface area contributed by atoms with Crippen LogP contribution in [0.3, 0.4) is 0 Å². The van der Waals surface area contributed by atoms with E-state index >= 15 is 0 Å². The topological polar surface area (TPSA) is 124 Å². The second kappa shape index (κ2) is 10.5. The standard InChI is InChI=1S/C18H27BrO7P2/c1-14(2)5-4-6-15(3)11-12-26-18(27(20,21)22,28(23,24)25)13-16-7-9-17(19)10-8-16/h5,7-11H,4,6,12-13H2,1-3H3,(H2,20,21,22)(H2,23,24,25)/b15-11+. The Balaban J connectivity index is 3.10. The van der Waals surface area contributed by atoms with Gasteiger partial charge < -0.3 is 24.3 Å². The molecule has 4 N–H and O–H groups in total. The van der Waals surface area contributed by atoms with Gasteiger partial charge in [0, 0.05) is 10.9 Å². The Morgan fingerprint density at radius 1 is 1.04 bits per heavy atom. The van der Waals surface area contributed by atoms with Crippen molar-refractivity contribution in [3.8, 4) is 0 Å². The highest BCUT2D eigenvalue weighted by Crippen LogP contribution is 2.70. The Bertz CT molecular complexity index is 780. The number of ether oxygens (including phenoxy) is 1. The summed E-state index contributed by atoms with van der Waals surface area (Å²) in [4.78, 5) is 39.2. The fraction of sp³-hybridized carbons (Fsp3) is 0.444. The molecule has 1 aromatic rings. The van der Waals surface area contributed by atoms with Crippen LogP contribution in [-0.4, -0.2) is 31.3 Å². The van der Waals surface area contributed by atoms with Gasteiger partial charge in [-0.1, -0.05) is 51.4 Å². The first-order valence-corrected chi connectivity index (χ1v) is 12.6. The molecule has 0 unspecified atom stereocenters. The van der Waals surface area contributed by atoms with Crippen LogP contribution in [0.1, 0.15) is 39.2 Å². The molecule has 158 valence electrons. The molecule has 0 bridgehead atoms. The molecule has 0 aliphatic rings. The molecule has 1 aromatic carbocycles. The normalized spacial score (nSPS) is 13.5. The fourth-order valence-corrected chi connectivity index (χ4v) is 5.36. The van der Waals surface area contributed by atoms with E-state index in [1.807, 2.05) is 20.8 Å². The SMILES string of the molecule is CC(C)=CCC/C(C)=C/COC(Cc1ccc(Br)cc1)(P(=O)(O)O)P(=O)(O)O. The van der Waals surface area contributed by atoms with E-state index in [2.05, 4.69) is 22.0 Å². The third-order valence-corrected chi connectivity index (χ3v) is 8.58. The lowest BCUT2D eigenvalue weighted by Gasteiger charge is -2.34. The van der Waals surface area contributed by atoms with Crippen LogP contribution in [0.25, 0.3) is 0 Å². The van der Waals surface area contributed by atoms with Gasteiger partial charge in [-0.2, -0.15) is 0 Å². The lowest BCUT2D eigenvalue weighted by Crippen LogP contribution is -2.35. The molecule has 0 saturated heterocycles. The molecule has 0 amide bonds. The van der Waals surface area contributed by atoms with Crippen molar-refractivity contribution in [3.05, 3.63) is 57.6 Å². The van der Waals surface area contributed by atoms with Crippen molar-refractivity contribution in [2.45, 2.75) is 45.1 Å². The molecule has 0 spiro atoms. The summed E-state index contributed by atoms with van der Waals surface area (Å²) >= 11 is 3.24. The summed E-state index contributed by atoms with van der Waals surface area (Å²) in [5.74, 6) is 0. The van der Waals surface area contributed by atoms with Crippen molar-refractivity contribution in [2.75, 3.05) is 6.61 Å². The summed E-state index contributed by atoms with van der Waals surface area (Å²) < 4.78 is 30.3. The number of hydrogen-bond donors (Lipinski definition) is 4. The van der Waals surface area contributed by atoms with Crippen LogP contribution in [0.2, 0.25) is 0 Å². The lowest BCUT2D eigenvalue weighted by atomic mass is 10.1. The van der Waals surface area contributed by atoms with E-state index in [4.69, 9.17) is 4.74 Å². The van der Waals surface area contributed by atoms with Crippen molar-refractivity contribution < 1.29 is 33.4 Å². The smallest absolute Gasteiger partial charge is 0.347 e. The summed E-state index contributed by atoms with van der Waals surface area (Å²) in [7, 11) is -10.7. The van der Waals surface area contributed by atoms with Gasteiger partial charge in [0.25, 0.3) is 5.08 Å². The molecule has 28 heavy (non-hydrogen) atoms. The summed E-state index contributed by atoms with van der Waals surface area (Å²) in [6, 6.07) is 6.28. The van der Waals surface area contributed by atoms with Crippen molar-refractivity contribution in [3.63, 3.8) is 0 Å². The van der Waals surface area contributed by atoms with Crippen LogP contribution >= 0.6 is 31.1 Å². The maximum absolute atomic E-state index is 12.1. The van der Waals surface area contributed by atoms with E-state index < -0.39 is 26.7 Å². The summed E-state index contributed by atoms with van der Waals surface area (Å²) in [5.41, 5.74) is 2.41. The molecule has 0 aromatic heterocycles. The fourth-order valence-electron chi connectivity index (χ4n) is 2.47. The number of hydrogen-bond acceptors (Lipinski definition) is 3. The van der Waals surface area contributed by atoms with Crippen LogP contribution < -0.4 is 0 Å². The van der Waals surface area contributed by atoms with Gasteiger partial charge in [0.1, 0.15) is 0 Å². The monoisotopic (exact) mass is 496 g/mol. The van der Waals surface area contributed by atoms with Gasteiger partial charge in [-0.3, -0.25) is 9.13 Å². The maximum atomic E-state index is 12.1. The van der Waals surface area contributed by atoms with E-state index in [0.29, 0.717) is 12.0 Å². The summed E-state index contributed by atoms with van der Waals surface area (Å²) in [6.07, 6.45) is 4.52. The Hall–Kier alpha value is -0.560. The van der Waals surface area contributed by atoms with E-state index in [1.165, 1.54) is 17.7 Å². The molecule has 0 fully saturated rings. The highest BCUT2D eigenvalue weighted by Gasteiger charge is 2.61. The first-order chi connectivity index (χ1) is 12.8. The van der Waals surface area contributed by atoms with Gasteiger partial charge in [-0.05, 0) is 51.3 Å². The first-order valence-electron chi connectivity index (χ1n) is 8.57. The van der Waals surface area contributed by atoms with Crippen molar-refractivity contribution in [1.29, 1.82) is 0 Å². The van der Waals surface area contributed by atoms with Gasteiger partial charge in [0.05, 0.1) is 6.61 Å². The van der Waals surface area contributed by atoms with Gasteiger partial charge in [0.2, 0.25) is 0 Å². The molecule has 7 nitrogen and oxygen atoms in total. The van der Waals surface area contributed by atoms with Crippen molar-refractivity contribution in [2.24, 2.45) is 0 Å². The Kier molecular flexibility index (Phi) is 9.52. The second-order valence-electron chi connectivity index (χ2n) is 6.82. The zero-order valence-corrected chi connectivity index (χ0v) is 19.5. The van der Waals surface area contributed by atoms with E-state index in [-0.39, 0.29) is 6.61 Å². The predicted octanol–water partition coefficient (Wildman–Crippen LogP) is 4.71. The zero-order chi connectivity index (χ0) is 21.6. The first kappa shape index (κ1) is 25.5. The zero-order valence-electron chi connectivity index (χ0n) is 16.1. The molecule has 0 aliphatic heterocycles. The third-order valence-electron chi connectivity index (χ3n) is 4.10. The van der Waals surface area contributed by atoms with Crippen LogP contribution in [0.15, 0.2) is 52.0 Å². The van der Waals surface area contributed by atoms with E-state index in [9.17, 15) is 28.7 Å². The van der Waals surface area contributed by atoms with Crippen molar-refractivity contribution >= 4 is 31.1 Å². The largest absolute Gasteiger partial charge is 0.370 e. The molecule has 0 radical (unpaired) electrons. The molecule has 0 atom stereocenters. The predicted molar refractivity (Wildman–Crippen MR) is 113 cm³/mol. The number of rotatable bonds is 10. The van der Waals surface area contributed by atoms with Crippen LogP contribution in [0.4, 0.5) is 0 Å². The molecule has 0 heterocycles. The van der Waals surface area contributed by atoms with Crippen LogP contribution in [0, 0.1) is 0 Å². The molecule has 1 rings (SSSR count). The number of halogens is 1. The van der Waals surface area contributed by atoms with E-state index in [0.717, 1.165) is 16.5 Å². The van der Waals surface area contributed by atoms with Gasteiger partial charge in [-0.15, -0.1) is 0 Å². The van der Waals surface area contributed by atoms with Crippen molar-refractivity contribution in [1.82, 2.24) is 0 Å². The molecule has 0 aliphatic carbocycles. The number of allylic oxidation sites excluding steroid dienone is 3. The van der Waals surface area contributed by atoms with Gasteiger partial charge >= 0.3 is 15.2 Å². The average Bonchev–Trinajstić information content (AvgIpc) is 2.53. The Labute approximate surface area is 174 Å². The van der Waals surface area contributed by atoms with Gasteiger partial charge in [0.15, 0.2) is 0 Å². The van der Waals surface area contributed by atoms with Crippen LogP contribution in [-0.2, 0) is 20.3 Å². The second-order valence-corrected chi connectivity index (χ2v) is 11.7. The summed E-state index contributed by atoms with van der Waals surface area (Å²) in [5, 5.41) is -2.94. The Morgan fingerprint density at radius 2 is 1.57 bits per heavy atom.